The lowest BCUT2D eigenvalue weighted by atomic mass is 9.88. The summed E-state index contributed by atoms with van der Waals surface area (Å²) in [5.41, 5.74) is 4.08. The first-order valence-electron chi connectivity index (χ1n) is 12.9. The zero-order valence-electron chi connectivity index (χ0n) is 21.8. The number of carboxylic acid groups (broad SMARTS) is 1. The number of fused-ring (bicyclic) bond motifs is 1. The van der Waals surface area contributed by atoms with Gasteiger partial charge in [-0.2, -0.15) is 0 Å². The number of halogens is 1. The van der Waals surface area contributed by atoms with E-state index in [2.05, 4.69) is 16.9 Å². The summed E-state index contributed by atoms with van der Waals surface area (Å²) >= 11 is 5.22. The normalized spacial score (nSPS) is 19.2. The van der Waals surface area contributed by atoms with Crippen molar-refractivity contribution in [2.45, 2.75) is 76.0 Å². The van der Waals surface area contributed by atoms with Crippen LogP contribution in [0.5, 0.6) is 0 Å². The van der Waals surface area contributed by atoms with E-state index < -0.39 is 28.0 Å². The predicted molar refractivity (Wildman–Crippen MR) is 146 cm³/mol. The molecular weight excluding hydrogens is 512 g/mol. The van der Waals surface area contributed by atoms with E-state index in [-0.39, 0.29) is 12.6 Å². The molecule has 0 unspecified atom stereocenters. The Balaban J connectivity index is 1.64. The van der Waals surface area contributed by atoms with Gasteiger partial charge in [0.2, 0.25) is 0 Å². The van der Waals surface area contributed by atoms with Crippen LogP contribution in [0.2, 0.25) is 5.02 Å². The van der Waals surface area contributed by atoms with Crippen molar-refractivity contribution in [2.24, 2.45) is 0 Å². The quantitative estimate of drug-likeness (QED) is 0.415. The Labute approximate surface area is 227 Å². The molecule has 0 radical (unpaired) electrons. The van der Waals surface area contributed by atoms with Crippen LogP contribution in [0.1, 0.15) is 68.3 Å². The molecule has 1 saturated heterocycles. The van der Waals surface area contributed by atoms with Crippen LogP contribution in [0, 0.1) is 0 Å². The molecule has 2 N–H and O–H groups in total. The fraction of sp³-hybridized carbons (Fsp3) is 0.536. The second-order valence-electron chi connectivity index (χ2n) is 10.8. The van der Waals surface area contributed by atoms with Gasteiger partial charge >= 0.3 is 6.09 Å². The number of nitrogens with zero attached hydrogens (tertiary/aromatic N) is 1. The molecule has 2 aromatic carbocycles. The number of ether oxygens (including phenoxy) is 2. The highest BCUT2D eigenvalue weighted by Gasteiger charge is 2.38. The summed E-state index contributed by atoms with van der Waals surface area (Å²) in [7, 11) is 0. The number of nitrogens with one attached hydrogen (secondary N) is 1. The van der Waals surface area contributed by atoms with Crippen molar-refractivity contribution < 1.29 is 23.9 Å². The van der Waals surface area contributed by atoms with Crippen LogP contribution in [0.25, 0.3) is 0 Å². The van der Waals surface area contributed by atoms with Crippen LogP contribution in [-0.2, 0) is 40.2 Å². The molecule has 0 aliphatic carbocycles. The van der Waals surface area contributed by atoms with E-state index in [1.165, 1.54) is 4.90 Å². The van der Waals surface area contributed by atoms with Crippen LogP contribution >= 0.6 is 11.6 Å². The van der Waals surface area contributed by atoms with Crippen molar-refractivity contribution in [3.05, 3.63) is 69.7 Å². The second kappa shape index (κ2) is 11.9. The van der Waals surface area contributed by atoms with Gasteiger partial charge in [0.1, 0.15) is 4.75 Å². The SMILES string of the molecule is CC(C)(C)[S@+]([O-])N[C@@H](CCC1(Cc2ccccc2)OCCCO1)c1cc(Cl)cc2c1CCN(C(=O)O)C2. The number of hydrogen-bond acceptors (Lipinski definition) is 5. The van der Waals surface area contributed by atoms with E-state index in [1.54, 1.807) is 0 Å². The molecule has 2 heterocycles. The average molecular weight is 549 g/mol. The average Bonchev–Trinajstić information content (AvgIpc) is 2.86. The molecule has 1 fully saturated rings. The van der Waals surface area contributed by atoms with E-state index in [0.29, 0.717) is 50.5 Å². The first-order chi connectivity index (χ1) is 17.6. The highest BCUT2D eigenvalue weighted by molar-refractivity contribution is 7.90. The molecule has 2 atom stereocenters. The lowest BCUT2D eigenvalue weighted by molar-refractivity contribution is -0.270. The third-order valence-electron chi connectivity index (χ3n) is 6.94. The van der Waals surface area contributed by atoms with Crippen molar-refractivity contribution in [3.63, 3.8) is 0 Å². The van der Waals surface area contributed by atoms with E-state index in [9.17, 15) is 14.5 Å². The summed E-state index contributed by atoms with van der Waals surface area (Å²) in [4.78, 5) is 13.0. The van der Waals surface area contributed by atoms with E-state index >= 15 is 0 Å². The van der Waals surface area contributed by atoms with Gasteiger partial charge < -0.3 is 24.0 Å². The minimum atomic E-state index is -1.33. The Morgan fingerprint density at radius 3 is 2.59 bits per heavy atom. The Morgan fingerprint density at radius 1 is 1.24 bits per heavy atom. The minimum Gasteiger partial charge on any atom is -0.598 e. The predicted octanol–water partition coefficient (Wildman–Crippen LogP) is 5.63. The van der Waals surface area contributed by atoms with Gasteiger partial charge in [-0.3, -0.25) is 0 Å². The number of carbonyl (C=O) groups is 1. The molecule has 2 aliphatic rings. The van der Waals surface area contributed by atoms with Gasteiger partial charge in [0.15, 0.2) is 5.79 Å². The third-order valence-corrected chi connectivity index (χ3v) is 8.76. The second-order valence-corrected chi connectivity index (χ2v) is 13.2. The molecule has 0 saturated carbocycles. The Morgan fingerprint density at radius 2 is 1.95 bits per heavy atom. The summed E-state index contributed by atoms with van der Waals surface area (Å²) in [5, 5.41) is 10.1. The topological polar surface area (TPSA) is 94.1 Å². The van der Waals surface area contributed by atoms with E-state index in [1.807, 2.05) is 51.1 Å². The maximum Gasteiger partial charge on any atom is 0.407 e. The van der Waals surface area contributed by atoms with Gasteiger partial charge in [0.25, 0.3) is 0 Å². The lowest BCUT2D eigenvalue weighted by Gasteiger charge is -2.39. The largest absolute Gasteiger partial charge is 0.598 e. The number of benzene rings is 2. The zero-order chi connectivity index (χ0) is 26.6. The first kappa shape index (κ1) is 28.2. The molecule has 202 valence electrons. The summed E-state index contributed by atoms with van der Waals surface area (Å²) in [6.07, 6.45) is 2.34. The van der Waals surface area contributed by atoms with E-state index in [4.69, 9.17) is 21.1 Å². The van der Waals surface area contributed by atoms with Crippen LogP contribution in [-0.4, -0.2) is 50.9 Å². The van der Waals surface area contributed by atoms with Gasteiger partial charge in [0.05, 0.1) is 19.3 Å². The third kappa shape index (κ3) is 7.19. The molecule has 7 nitrogen and oxygen atoms in total. The maximum atomic E-state index is 13.3. The van der Waals surface area contributed by atoms with Gasteiger partial charge in [-0.05, 0) is 74.4 Å². The highest BCUT2D eigenvalue weighted by Crippen LogP contribution is 2.37. The van der Waals surface area contributed by atoms with Crippen molar-refractivity contribution in [3.8, 4) is 0 Å². The Kier molecular flexibility index (Phi) is 9.09. The number of rotatable bonds is 8. The van der Waals surface area contributed by atoms with Crippen molar-refractivity contribution in [2.75, 3.05) is 19.8 Å². The molecule has 37 heavy (non-hydrogen) atoms. The smallest absolute Gasteiger partial charge is 0.407 e. The molecule has 0 spiro atoms. The minimum absolute atomic E-state index is 0.273. The standard InChI is InChI=1S/C28H37ClN2O5S/c1-27(2,3)37(34)30-25(24-17-22(29)16-21-19-31(26(32)33)13-11-23(21)24)10-12-28(35-14-7-15-36-28)18-20-8-5-4-6-9-20/h4-6,8-9,16-17,25,30H,7,10-15,18-19H2,1-3H3,(H,32,33)/t25-,37-/m0/s1. The molecule has 9 heteroatoms. The maximum absolute atomic E-state index is 13.3. The molecule has 1 amide bonds. The summed E-state index contributed by atoms with van der Waals surface area (Å²) in [6, 6.07) is 13.7. The lowest BCUT2D eigenvalue weighted by Crippen LogP contribution is -2.45. The fourth-order valence-electron chi connectivity index (χ4n) is 4.97. The summed E-state index contributed by atoms with van der Waals surface area (Å²) in [5.74, 6) is -0.762. The zero-order valence-corrected chi connectivity index (χ0v) is 23.4. The number of amides is 1. The van der Waals surface area contributed by atoms with Crippen LogP contribution in [0.15, 0.2) is 42.5 Å². The Hall–Kier alpha value is -1.81. The molecule has 2 aliphatic heterocycles. The molecule has 0 bridgehead atoms. The van der Waals surface area contributed by atoms with Gasteiger partial charge in [-0.25, -0.2) is 4.79 Å². The van der Waals surface area contributed by atoms with Crippen LogP contribution in [0.3, 0.4) is 0 Å². The summed E-state index contributed by atoms with van der Waals surface area (Å²) in [6.45, 7) is 7.79. The highest BCUT2D eigenvalue weighted by atomic mass is 35.5. The monoisotopic (exact) mass is 548 g/mol. The van der Waals surface area contributed by atoms with Gasteiger partial charge in [0, 0.05) is 42.3 Å². The van der Waals surface area contributed by atoms with Crippen molar-refractivity contribution in [1.82, 2.24) is 9.62 Å². The first-order valence-corrected chi connectivity index (χ1v) is 14.4. The summed E-state index contributed by atoms with van der Waals surface area (Å²) < 4.78 is 28.8. The van der Waals surface area contributed by atoms with Gasteiger partial charge in [-0.15, -0.1) is 4.72 Å². The van der Waals surface area contributed by atoms with Crippen molar-refractivity contribution >= 4 is 29.1 Å². The van der Waals surface area contributed by atoms with E-state index in [0.717, 1.165) is 28.7 Å². The van der Waals surface area contributed by atoms with Crippen LogP contribution in [0.4, 0.5) is 4.79 Å². The molecule has 2 aromatic rings. The molecular formula is C28H37ClN2O5S. The van der Waals surface area contributed by atoms with Crippen LogP contribution < -0.4 is 4.72 Å². The number of hydrogen-bond donors (Lipinski definition) is 2. The fourth-order valence-corrected chi connectivity index (χ4v) is 6.08. The Bertz CT molecular complexity index is 1070. The molecule has 0 aromatic heterocycles. The van der Waals surface area contributed by atoms with Crippen molar-refractivity contribution in [1.29, 1.82) is 0 Å². The molecule has 4 rings (SSSR count). The van der Waals surface area contributed by atoms with Gasteiger partial charge in [-0.1, -0.05) is 41.9 Å².